The molecule has 0 aliphatic carbocycles. The van der Waals surface area contributed by atoms with Gasteiger partial charge in [0, 0.05) is 24.0 Å². The fourth-order valence-corrected chi connectivity index (χ4v) is 8.58. The first-order valence-corrected chi connectivity index (χ1v) is 16.8. The van der Waals surface area contributed by atoms with E-state index in [1.807, 2.05) is 0 Å². The number of hydrogen-bond donors (Lipinski definition) is 0. The Bertz CT molecular complexity index is 2300. The SMILES string of the molecule is Fc1c(F)c(F)c(B(CCC[N@@+]2(c3ccccc3)CCC[B-]2(c2c(F)c(F)c(F)c(F)c2F)c2c(F)c(F)c(F)c(F)c2F)c2c(F)c(F)c(F)c(F)c2F)c(F)c1F. The van der Waals surface area contributed by atoms with E-state index in [0.29, 0.717) is 0 Å². The fourth-order valence-electron chi connectivity index (χ4n) is 8.58. The highest BCUT2D eigenvalue weighted by Gasteiger charge is 2.60. The van der Waals surface area contributed by atoms with E-state index in [2.05, 4.69) is 0 Å². The molecule has 6 rings (SSSR count). The van der Waals surface area contributed by atoms with Gasteiger partial charge >= 0.3 is 0 Å². The molecule has 1 atom stereocenters. The van der Waals surface area contributed by atoms with Gasteiger partial charge in [-0.3, -0.25) is 0 Å². The summed E-state index contributed by atoms with van der Waals surface area (Å²) in [5.74, 6) is -56.3. The number of benzene rings is 5. The average Bonchev–Trinajstić information content (AvgIpc) is 3.60. The maximum Gasteiger partial charge on any atom is 0.280 e. The Labute approximate surface area is 318 Å². The standard InChI is InChI=1S/C36H17B2F20N/c39-17-13(18(40)26(48)33(55)25(17)47)37(14-19(41)27(49)34(56)28(50)20(14)42)8-4-10-59(12-6-2-1-3-7-12)11-5-9-38(59,15-21(43)29(51)35(57)30(52)22(15)44)16-23(45)31(53)36(58)32(54)24(16)46/h1-3,6-7H,4-5,8-11H2/t59-/m0/s1. The molecule has 1 aliphatic heterocycles. The second-order valence-corrected chi connectivity index (χ2v) is 13.6. The first-order valence-electron chi connectivity index (χ1n) is 16.8. The third-order valence-electron chi connectivity index (χ3n) is 11.0. The Morgan fingerprint density at radius 2 is 0.712 bits per heavy atom. The normalized spacial score (nSPS) is 16.3. The van der Waals surface area contributed by atoms with Crippen LogP contribution in [0.15, 0.2) is 30.3 Å². The molecule has 23 heteroatoms. The average molecular weight is 865 g/mol. The van der Waals surface area contributed by atoms with Crippen LogP contribution in [0.2, 0.25) is 12.6 Å². The van der Waals surface area contributed by atoms with Gasteiger partial charge in [-0.25, -0.2) is 87.8 Å². The molecule has 0 N–H and O–H groups in total. The number of hydrogen-bond acceptors (Lipinski definition) is 0. The van der Waals surface area contributed by atoms with E-state index in [1.54, 1.807) is 0 Å². The zero-order valence-electron chi connectivity index (χ0n) is 28.8. The first-order chi connectivity index (χ1) is 27.6. The van der Waals surface area contributed by atoms with Crippen molar-refractivity contribution in [2.24, 2.45) is 0 Å². The zero-order valence-corrected chi connectivity index (χ0v) is 28.8. The van der Waals surface area contributed by atoms with E-state index in [-0.39, 0.29) is 0 Å². The van der Waals surface area contributed by atoms with Crippen molar-refractivity contribution in [1.29, 1.82) is 0 Å². The maximum absolute atomic E-state index is 16.1. The summed E-state index contributed by atoms with van der Waals surface area (Å²) in [5, 5.41) is 0. The minimum Gasteiger partial charge on any atom is -0.474 e. The minimum absolute atomic E-state index is 0.484. The van der Waals surface area contributed by atoms with Gasteiger partial charge in [-0.2, -0.15) is 0 Å². The lowest BCUT2D eigenvalue weighted by atomic mass is 9.23. The number of para-hydroxylation sites is 1. The molecule has 1 fully saturated rings. The molecule has 1 nitrogen and oxygen atoms in total. The van der Waals surface area contributed by atoms with Gasteiger partial charge < -0.3 is 4.39 Å². The molecule has 0 aromatic heterocycles. The summed E-state index contributed by atoms with van der Waals surface area (Å²) in [4.78, 5) is 0. The highest BCUT2D eigenvalue weighted by molar-refractivity contribution is 7.03. The summed E-state index contributed by atoms with van der Waals surface area (Å²) in [5.41, 5.74) is -9.13. The summed E-state index contributed by atoms with van der Waals surface area (Å²) in [6, 6.07) is 5.34. The van der Waals surface area contributed by atoms with Gasteiger partial charge in [0.2, 0.25) is 6.71 Å². The van der Waals surface area contributed by atoms with Crippen LogP contribution in [0, 0.1) is 116 Å². The number of quaternary nitrogens is 1. The Hall–Kier alpha value is -5.21. The number of halogens is 20. The summed E-state index contributed by atoms with van der Waals surface area (Å²) in [6.07, 6.45) is -9.34. The molecule has 0 amide bonds. The van der Waals surface area contributed by atoms with E-state index in [4.69, 9.17) is 0 Å². The fraction of sp³-hybridized carbons (Fsp3) is 0.167. The molecule has 1 aliphatic rings. The summed E-state index contributed by atoms with van der Waals surface area (Å²) >= 11 is 0. The lowest BCUT2D eigenvalue weighted by Crippen LogP contribution is -2.81. The lowest BCUT2D eigenvalue weighted by Gasteiger charge is -2.57. The quantitative estimate of drug-likeness (QED) is 0.0603. The molecule has 0 bridgehead atoms. The largest absolute Gasteiger partial charge is 0.474 e. The molecule has 0 radical (unpaired) electrons. The molecule has 0 unspecified atom stereocenters. The third-order valence-corrected chi connectivity index (χ3v) is 11.0. The smallest absolute Gasteiger partial charge is 0.280 e. The summed E-state index contributed by atoms with van der Waals surface area (Å²) in [6.45, 7) is -5.17. The molecule has 59 heavy (non-hydrogen) atoms. The molecule has 5 aromatic rings. The van der Waals surface area contributed by atoms with E-state index >= 15 is 52.7 Å². The molecule has 0 spiro atoms. The van der Waals surface area contributed by atoms with Crippen LogP contribution >= 0.6 is 0 Å². The topological polar surface area (TPSA) is 0 Å². The van der Waals surface area contributed by atoms with Gasteiger partial charge in [0.1, 0.15) is 23.3 Å². The predicted molar refractivity (Wildman–Crippen MR) is 172 cm³/mol. The van der Waals surface area contributed by atoms with Gasteiger partial charge in [0.25, 0.3) is 6.28 Å². The monoisotopic (exact) mass is 865 g/mol. The van der Waals surface area contributed by atoms with E-state index in [0.717, 1.165) is 24.3 Å². The number of rotatable bonds is 9. The van der Waals surface area contributed by atoms with Crippen LogP contribution in [0.4, 0.5) is 93.5 Å². The second kappa shape index (κ2) is 15.4. The van der Waals surface area contributed by atoms with Gasteiger partial charge in [-0.05, 0) is 25.0 Å². The highest BCUT2D eigenvalue weighted by Crippen LogP contribution is 2.43. The second-order valence-electron chi connectivity index (χ2n) is 13.6. The first kappa shape index (κ1) is 43.4. The van der Waals surface area contributed by atoms with Crippen LogP contribution in [0.1, 0.15) is 12.8 Å². The van der Waals surface area contributed by atoms with Crippen LogP contribution in [-0.4, -0.2) is 26.1 Å². The molecule has 1 heterocycles. The molecular formula is C36H17B2F20N. The summed E-state index contributed by atoms with van der Waals surface area (Å²) in [7, 11) is 0. The maximum atomic E-state index is 16.1. The molecule has 5 aromatic carbocycles. The van der Waals surface area contributed by atoms with Crippen molar-refractivity contribution in [3.63, 3.8) is 0 Å². The summed E-state index contributed by atoms with van der Waals surface area (Å²) < 4.78 is 299. The van der Waals surface area contributed by atoms with Crippen molar-refractivity contribution in [2.75, 3.05) is 13.1 Å². The van der Waals surface area contributed by atoms with Crippen molar-refractivity contribution in [1.82, 2.24) is 4.39 Å². The molecular weight excluding hydrogens is 848 g/mol. The van der Waals surface area contributed by atoms with Crippen molar-refractivity contribution >= 4 is 40.5 Å². The van der Waals surface area contributed by atoms with E-state index in [9.17, 15) is 35.1 Å². The van der Waals surface area contributed by atoms with E-state index < -0.39 is 200 Å². The zero-order chi connectivity index (χ0) is 43.8. The third kappa shape index (κ3) is 6.15. The Kier molecular flexibility index (Phi) is 11.3. The molecule has 0 saturated carbocycles. The van der Waals surface area contributed by atoms with Gasteiger partial charge in [-0.1, -0.05) is 35.4 Å². The van der Waals surface area contributed by atoms with Crippen LogP contribution in [0.3, 0.4) is 0 Å². The van der Waals surface area contributed by atoms with Gasteiger partial charge in [-0.15, -0.1) is 6.32 Å². The highest BCUT2D eigenvalue weighted by atomic mass is 19.2. The van der Waals surface area contributed by atoms with E-state index in [1.165, 1.54) is 6.07 Å². The van der Waals surface area contributed by atoms with Crippen LogP contribution in [0.5, 0.6) is 0 Å². The number of nitrogens with zero attached hydrogens (tertiary/aromatic N) is 1. The van der Waals surface area contributed by atoms with Crippen LogP contribution in [0.25, 0.3) is 0 Å². The van der Waals surface area contributed by atoms with Crippen LogP contribution in [-0.2, 0) is 0 Å². The molecule has 312 valence electrons. The van der Waals surface area contributed by atoms with Crippen LogP contribution < -0.4 is 26.2 Å². The van der Waals surface area contributed by atoms with Crippen molar-refractivity contribution in [3.05, 3.63) is 147 Å². The minimum atomic E-state index is -4.75. The Morgan fingerprint density at radius 1 is 0.407 bits per heavy atom. The van der Waals surface area contributed by atoms with Gasteiger partial charge in [0.05, 0.1) is 5.69 Å². The Balaban J connectivity index is 1.69. The Morgan fingerprint density at radius 3 is 1.05 bits per heavy atom. The predicted octanol–water partition coefficient (Wildman–Crippen LogP) is 8.64. The van der Waals surface area contributed by atoms with Crippen molar-refractivity contribution in [3.8, 4) is 0 Å². The van der Waals surface area contributed by atoms with Crippen molar-refractivity contribution in [2.45, 2.75) is 25.5 Å². The molecule has 1 saturated heterocycles. The lowest BCUT2D eigenvalue weighted by molar-refractivity contribution is 0.377. The van der Waals surface area contributed by atoms with Crippen molar-refractivity contribution < 1.29 is 87.8 Å². The van der Waals surface area contributed by atoms with Gasteiger partial charge in [0.15, 0.2) is 93.1 Å².